The summed E-state index contributed by atoms with van der Waals surface area (Å²) in [5.74, 6) is 0.618. The number of amides is 2. The zero-order valence-electron chi connectivity index (χ0n) is 16.9. The standard InChI is InChI=1S/C21H27N5O3/c1-25(2)20-22-11-8-18(24-20)19(27)23-14-16-9-12-26(13-10-16)21(28)29-15-17-6-4-3-5-7-17/h3-8,11,16H,9-10,12-15H2,1-2H3,(H,23,27). The number of hydrogen-bond acceptors (Lipinski definition) is 6. The van der Waals surface area contributed by atoms with Crippen LogP contribution < -0.4 is 10.2 Å². The molecule has 2 aromatic rings. The van der Waals surface area contributed by atoms with Crippen molar-refractivity contribution in [3.05, 3.63) is 53.9 Å². The van der Waals surface area contributed by atoms with Gasteiger partial charge in [0.25, 0.3) is 5.91 Å². The van der Waals surface area contributed by atoms with Crippen LogP contribution in [0.5, 0.6) is 0 Å². The average Bonchev–Trinajstić information content (AvgIpc) is 2.77. The van der Waals surface area contributed by atoms with Gasteiger partial charge in [-0.1, -0.05) is 30.3 Å². The number of ether oxygens (including phenoxy) is 1. The SMILES string of the molecule is CN(C)c1nccc(C(=O)NCC2CCN(C(=O)OCc3ccccc3)CC2)n1. The molecule has 1 aromatic heterocycles. The van der Waals surface area contributed by atoms with Gasteiger partial charge in [0.05, 0.1) is 0 Å². The Hall–Kier alpha value is -3.16. The monoisotopic (exact) mass is 397 g/mol. The number of carbonyl (C=O) groups excluding carboxylic acids is 2. The number of benzene rings is 1. The lowest BCUT2D eigenvalue weighted by Gasteiger charge is -2.31. The maximum atomic E-state index is 12.4. The molecule has 1 aliphatic heterocycles. The summed E-state index contributed by atoms with van der Waals surface area (Å²) < 4.78 is 5.39. The van der Waals surface area contributed by atoms with Crippen LogP contribution in [0.3, 0.4) is 0 Å². The minimum atomic E-state index is -0.284. The third-order valence-corrected chi connectivity index (χ3v) is 4.90. The second-order valence-corrected chi connectivity index (χ2v) is 7.32. The van der Waals surface area contributed by atoms with Gasteiger partial charge in [0, 0.05) is 39.9 Å². The molecule has 1 N–H and O–H groups in total. The van der Waals surface area contributed by atoms with Gasteiger partial charge in [-0.05, 0) is 30.4 Å². The molecule has 8 heteroatoms. The number of carbonyl (C=O) groups is 2. The molecule has 2 heterocycles. The van der Waals surface area contributed by atoms with E-state index in [2.05, 4.69) is 15.3 Å². The van der Waals surface area contributed by atoms with E-state index in [-0.39, 0.29) is 18.6 Å². The number of piperidine rings is 1. The molecule has 1 saturated heterocycles. The Bertz CT molecular complexity index is 820. The highest BCUT2D eigenvalue weighted by atomic mass is 16.6. The molecule has 0 spiro atoms. The van der Waals surface area contributed by atoms with Gasteiger partial charge in [-0.2, -0.15) is 0 Å². The van der Waals surface area contributed by atoms with E-state index in [1.54, 1.807) is 22.1 Å². The van der Waals surface area contributed by atoms with E-state index in [0.717, 1.165) is 18.4 Å². The van der Waals surface area contributed by atoms with Crippen molar-refractivity contribution in [2.45, 2.75) is 19.4 Å². The van der Waals surface area contributed by atoms with Crippen molar-refractivity contribution in [2.75, 3.05) is 38.6 Å². The smallest absolute Gasteiger partial charge is 0.410 e. The first-order chi connectivity index (χ1) is 14.0. The number of aromatic nitrogens is 2. The third kappa shape index (κ3) is 5.91. The van der Waals surface area contributed by atoms with Gasteiger partial charge < -0.3 is 19.9 Å². The van der Waals surface area contributed by atoms with Crippen LogP contribution in [0.1, 0.15) is 28.9 Å². The van der Waals surface area contributed by atoms with Gasteiger partial charge in [-0.25, -0.2) is 14.8 Å². The molecule has 0 atom stereocenters. The van der Waals surface area contributed by atoms with Crippen LogP contribution in [0.4, 0.5) is 10.7 Å². The number of hydrogen-bond donors (Lipinski definition) is 1. The summed E-state index contributed by atoms with van der Waals surface area (Å²) in [7, 11) is 3.66. The fourth-order valence-electron chi connectivity index (χ4n) is 3.15. The Morgan fingerprint density at radius 1 is 1.17 bits per heavy atom. The summed E-state index contributed by atoms with van der Waals surface area (Å²) in [5, 5.41) is 2.94. The molecule has 8 nitrogen and oxygen atoms in total. The topological polar surface area (TPSA) is 87.7 Å². The summed E-state index contributed by atoms with van der Waals surface area (Å²) in [6.45, 7) is 2.11. The van der Waals surface area contributed by atoms with Gasteiger partial charge in [0.2, 0.25) is 5.95 Å². The number of nitrogens with one attached hydrogen (secondary N) is 1. The average molecular weight is 397 g/mol. The Kier molecular flexibility index (Phi) is 6.99. The molecule has 3 rings (SSSR count). The molecule has 29 heavy (non-hydrogen) atoms. The Morgan fingerprint density at radius 3 is 2.59 bits per heavy atom. The quantitative estimate of drug-likeness (QED) is 0.805. The molecule has 0 saturated carbocycles. The van der Waals surface area contributed by atoms with Crippen LogP contribution >= 0.6 is 0 Å². The van der Waals surface area contributed by atoms with Crippen LogP contribution in [0.2, 0.25) is 0 Å². The molecular weight excluding hydrogens is 370 g/mol. The largest absolute Gasteiger partial charge is 0.445 e. The molecular formula is C21H27N5O3. The van der Waals surface area contributed by atoms with Crippen LogP contribution in [0.25, 0.3) is 0 Å². The van der Waals surface area contributed by atoms with E-state index in [1.165, 1.54) is 0 Å². The molecule has 1 aromatic carbocycles. The minimum Gasteiger partial charge on any atom is -0.445 e. The molecule has 154 valence electrons. The zero-order valence-corrected chi connectivity index (χ0v) is 16.9. The van der Waals surface area contributed by atoms with Gasteiger partial charge in [-0.15, -0.1) is 0 Å². The van der Waals surface area contributed by atoms with Gasteiger partial charge in [-0.3, -0.25) is 4.79 Å². The Morgan fingerprint density at radius 2 is 1.90 bits per heavy atom. The first-order valence-corrected chi connectivity index (χ1v) is 9.77. The summed E-state index contributed by atoms with van der Waals surface area (Å²) in [5.41, 5.74) is 1.33. The second kappa shape index (κ2) is 9.86. The number of anilines is 1. The zero-order chi connectivity index (χ0) is 20.6. The predicted molar refractivity (Wildman–Crippen MR) is 110 cm³/mol. The molecule has 0 aliphatic carbocycles. The molecule has 1 fully saturated rings. The van der Waals surface area contributed by atoms with Crippen LogP contribution in [-0.2, 0) is 11.3 Å². The lowest BCUT2D eigenvalue weighted by molar-refractivity contribution is 0.0800. The minimum absolute atomic E-state index is 0.208. The molecule has 2 amide bonds. The number of likely N-dealkylation sites (tertiary alicyclic amines) is 1. The predicted octanol–water partition coefficient (Wildman–Crippen LogP) is 2.32. The first-order valence-electron chi connectivity index (χ1n) is 9.77. The lowest BCUT2D eigenvalue weighted by Crippen LogP contribution is -2.41. The fourth-order valence-corrected chi connectivity index (χ4v) is 3.15. The summed E-state index contributed by atoms with van der Waals surface area (Å²) in [4.78, 5) is 36.4. The number of nitrogens with zero attached hydrogens (tertiary/aromatic N) is 4. The van der Waals surface area contributed by atoms with Crippen molar-refractivity contribution in [1.29, 1.82) is 0 Å². The first kappa shape index (κ1) is 20.6. The highest BCUT2D eigenvalue weighted by Crippen LogP contribution is 2.18. The van der Waals surface area contributed by atoms with Crippen molar-refractivity contribution in [3.63, 3.8) is 0 Å². The van der Waals surface area contributed by atoms with Crippen LogP contribution in [0.15, 0.2) is 42.6 Å². The van der Waals surface area contributed by atoms with Crippen molar-refractivity contribution in [3.8, 4) is 0 Å². The molecule has 1 aliphatic rings. The van der Waals surface area contributed by atoms with Gasteiger partial charge in [0.1, 0.15) is 12.3 Å². The summed E-state index contributed by atoms with van der Waals surface area (Å²) in [6.07, 6.45) is 2.95. The van der Waals surface area contributed by atoms with E-state index < -0.39 is 0 Å². The van der Waals surface area contributed by atoms with Crippen molar-refractivity contribution >= 4 is 17.9 Å². The van der Waals surface area contributed by atoms with E-state index >= 15 is 0 Å². The Balaban J connectivity index is 1.40. The normalized spacial score (nSPS) is 14.3. The summed E-state index contributed by atoms with van der Waals surface area (Å²) in [6, 6.07) is 11.2. The van der Waals surface area contributed by atoms with E-state index in [9.17, 15) is 9.59 Å². The van der Waals surface area contributed by atoms with Gasteiger partial charge >= 0.3 is 6.09 Å². The fraction of sp³-hybridized carbons (Fsp3) is 0.429. The van der Waals surface area contributed by atoms with Crippen molar-refractivity contribution < 1.29 is 14.3 Å². The van der Waals surface area contributed by atoms with E-state index in [4.69, 9.17) is 4.74 Å². The highest BCUT2D eigenvalue weighted by Gasteiger charge is 2.24. The van der Waals surface area contributed by atoms with E-state index in [0.29, 0.717) is 37.2 Å². The van der Waals surface area contributed by atoms with Crippen LogP contribution in [-0.4, -0.2) is 60.6 Å². The third-order valence-electron chi connectivity index (χ3n) is 4.90. The van der Waals surface area contributed by atoms with Gasteiger partial charge in [0.15, 0.2) is 0 Å². The lowest BCUT2D eigenvalue weighted by atomic mass is 9.97. The molecule has 0 unspecified atom stereocenters. The highest BCUT2D eigenvalue weighted by molar-refractivity contribution is 5.92. The second-order valence-electron chi connectivity index (χ2n) is 7.32. The molecule has 0 radical (unpaired) electrons. The Labute approximate surface area is 170 Å². The van der Waals surface area contributed by atoms with Crippen LogP contribution in [0, 0.1) is 5.92 Å². The maximum Gasteiger partial charge on any atom is 0.410 e. The van der Waals surface area contributed by atoms with E-state index in [1.807, 2.05) is 44.4 Å². The van der Waals surface area contributed by atoms with Crippen molar-refractivity contribution in [2.24, 2.45) is 5.92 Å². The molecule has 0 bridgehead atoms. The number of rotatable bonds is 6. The maximum absolute atomic E-state index is 12.4. The van der Waals surface area contributed by atoms with Crippen molar-refractivity contribution in [1.82, 2.24) is 20.2 Å². The summed E-state index contributed by atoms with van der Waals surface area (Å²) >= 11 is 0.